The van der Waals surface area contributed by atoms with Crippen molar-refractivity contribution in [3.63, 3.8) is 0 Å². The maximum atomic E-state index is 12.7. The molecule has 1 heterocycles. The van der Waals surface area contributed by atoms with Crippen LogP contribution in [-0.2, 0) is 9.59 Å². The van der Waals surface area contributed by atoms with Gasteiger partial charge in [0.25, 0.3) is 0 Å². The van der Waals surface area contributed by atoms with Crippen LogP contribution in [0, 0.1) is 5.92 Å². The van der Waals surface area contributed by atoms with Crippen molar-refractivity contribution in [3.8, 4) is 0 Å². The smallest absolute Gasteiger partial charge is 0.408 e. The summed E-state index contributed by atoms with van der Waals surface area (Å²) in [5.74, 6) is -1.75. The zero-order chi connectivity index (χ0) is 13.9. The molecule has 0 radical (unpaired) electrons. The predicted octanol–water partition coefficient (Wildman–Crippen LogP) is 2.04. The molecule has 0 aromatic carbocycles. The summed E-state index contributed by atoms with van der Waals surface area (Å²) in [6.45, 7) is 1.10. The van der Waals surface area contributed by atoms with E-state index in [1.54, 1.807) is 0 Å². The topological polar surface area (TPSA) is 57.6 Å². The van der Waals surface area contributed by atoms with Gasteiger partial charge in [0.05, 0.1) is 0 Å². The van der Waals surface area contributed by atoms with E-state index in [1.165, 1.54) is 0 Å². The third-order valence-electron chi connectivity index (χ3n) is 3.23. The van der Waals surface area contributed by atoms with E-state index in [1.807, 2.05) is 0 Å². The highest BCUT2D eigenvalue weighted by molar-refractivity contribution is 5.74. The number of carbonyl (C=O) groups is 2. The van der Waals surface area contributed by atoms with Gasteiger partial charge in [0.15, 0.2) is 0 Å². The van der Waals surface area contributed by atoms with Gasteiger partial charge in [-0.1, -0.05) is 0 Å². The van der Waals surface area contributed by atoms with E-state index in [0.717, 1.165) is 11.8 Å². The molecule has 1 rings (SSSR count). The molecule has 1 fully saturated rings. The average Bonchev–Trinajstić information content (AvgIpc) is 2.24. The van der Waals surface area contributed by atoms with Gasteiger partial charge in [-0.05, 0) is 25.2 Å². The maximum Gasteiger partial charge on any atom is 0.408 e. The van der Waals surface area contributed by atoms with Crippen molar-refractivity contribution >= 4 is 11.9 Å². The predicted molar refractivity (Wildman–Crippen MR) is 56.8 cm³/mol. The normalized spacial score (nSPS) is 25.0. The molecule has 0 bridgehead atoms. The van der Waals surface area contributed by atoms with Crippen LogP contribution in [0.15, 0.2) is 0 Å². The molecular formula is C11H16F3NO3. The Hall–Kier alpha value is -1.27. The molecule has 2 atom stereocenters. The largest absolute Gasteiger partial charge is 0.481 e. The van der Waals surface area contributed by atoms with Crippen molar-refractivity contribution in [1.29, 1.82) is 0 Å². The van der Waals surface area contributed by atoms with Gasteiger partial charge >= 0.3 is 12.1 Å². The fourth-order valence-corrected chi connectivity index (χ4v) is 2.30. The number of halogens is 3. The van der Waals surface area contributed by atoms with E-state index >= 15 is 0 Å². The number of piperidine rings is 1. The first-order valence-electron chi connectivity index (χ1n) is 5.77. The van der Waals surface area contributed by atoms with E-state index in [0.29, 0.717) is 12.8 Å². The Labute approximate surface area is 103 Å². The molecule has 7 heteroatoms. The van der Waals surface area contributed by atoms with Crippen LogP contribution in [-0.4, -0.2) is 40.6 Å². The number of likely N-dealkylation sites (tertiary alicyclic amines) is 1. The second-order valence-corrected chi connectivity index (χ2v) is 4.60. The fraction of sp³-hybridized carbons (Fsp3) is 0.818. The second-order valence-electron chi connectivity index (χ2n) is 4.60. The summed E-state index contributed by atoms with van der Waals surface area (Å²) in [6, 6.07) is -1.73. The monoisotopic (exact) mass is 267 g/mol. The summed E-state index contributed by atoms with van der Waals surface area (Å²) in [5.41, 5.74) is 0. The van der Waals surface area contributed by atoms with Gasteiger partial charge in [-0.2, -0.15) is 13.2 Å². The molecule has 1 aliphatic rings. The lowest BCUT2D eigenvalue weighted by molar-refractivity contribution is -0.198. The third kappa shape index (κ3) is 3.89. The number of amides is 1. The minimum Gasteiger partial charge on any atom is -0.481 e. The summed E-state index contributed by atoms with van der Waals surface area (Å²) in [7, 11) is 0. The lowest BCUT2D eigenvalue weighted by atomic mass is 9.89. The molecule has 0 spiro atoms. The molecular weight excluding hydrogens is 251 g/mol. The Bertz CT molecular complexity index is 330. The molecule has 1 amide bonds. The Balaban J connectivity index is 2.65. The molecule has 2 unspecified atom stereocenters. The summed E-state index contributed by atoms with van der Waals surface area (Å²) in [4.78, 5) is 22.5. The van der Waals surface area contributed by atoms with Gasteiger partial charge in [-0.15, -0.1) is 0 Å². The number of carbonyl (C=O) groups excluding carboxylic acids is 1. The SMILES string of the molecule is CC(=O)N1CC(CCC(=O)O)CCC1C(F)(F)F. The lowest BCUT2D eigenvalue weighted by Gasteiger charge is -2.39. The number of carboxylic acids is 1. The van der Waals surface area contributed by atoms with Crippen LogP contribution >= 0.6 is 0 Å². The number of aliphatic carboxylic acids is 1. The van der Waals surface area contributed by atoms with Gasteiger partial charge in [0.2, 0.25) is 5.91 Å². The molecule has 0 aromatic rings. The van der Waals surface area contributed by atoms with Crippen molar-refractivity contribution in [2.24, 2.45) is 5.92 Å². The van der Waals surface area contributed by atoms with Crippen LogP contribution in [0.5, 0.6) is 0 Å². The summed E-state index contributed by atoms with van der Waals surface area (Å²) in [6.07, 6.45) is -4.02. The molecule has 1 N–H and O–H groups in total. The third-order valence-corrected chi connectivity index (χ3v) is 3.23. The minimum absolute atomic E-state index is 0.00715. The standard InChI is InChI=1S/C11H16F3NO3/c1-7(16)15-6-8(3-5-10(17)18)2-4-9(15)11(12,13)14/h8-9H,2-6H2,1H3,(H,17,18). The first kappa shape index (κ1) is 14.8. The Morgan fingerprint density at radius 1 is 1.33 bits per heavy atom. The van der Waals surface area contributed by atoms with Gasteiger partial charge in [0.1, 0.15) is 6.04 Å². The Morgan fingerprint density at radius 3 is 2.39 bits per heavy atom. The molecule has 0 aliphatic carbocycles. The van der Waals surface area contributed by atoms with Crippen molar-refractivity contribution in [3.05, 3.63) is 0 Å². The molecule has 18 heavy (non-hydrogen) atoms. The Morgan fingerprint density at radius 2 is 1.94 bits per heavy atom. The highest BCUT2D eigenvalue weighted by Crippen LogP contribution is 2.35. The average molecular weight is 267 g/mol. The number of hydrogen-bond donors (Lipinski definition) is 1. The number of carboxylic acid groups (broad SMARTS) is 1. The van der Waals surface area contributed by atoms with E-state index in [2.05, 4.69) is 0 Å². The summed E-state index contributed by atoms with van der Waals surface area (Å²) < 4.78 is 38.1. The molecule has 1 saturated heterocycles. The summed E-state index contributed by atoms with van der Waals surface area (Å²) in [5, 5.41) is 8.54. The van der Waals surface area contributed by atoms with E-state index in [4.69, 9.17) is 5.11 Å². The zero-order valence-corrected chi connectivity index (χ0v) is 10.0. The Kier molecular flexibility index (Phi) is 4.59. The van der Waals surface area contributed by atoms with E-state index < -0.39 is 24.1 Å². The number of nitrogens with zero attached hydrogens (tertiary/aromatic N) is 1. The molecule has 104 valence electrons. The zero-order valence-electron chi connectivity index (χ0n) is 10.0. The van der Waals surface area contributed by atoms with Crippen LogP contribution in [0.3, 0.4) is 0 Å². The first-order valence-corrected chi connectivity index (χ1v) is 5.77. The lowest BCUT2D eigenvalue weighted by Crippen LogP contribution is -2.53. The van der Waals surface area contributed by atoms with Gasteiger partial charge in [-0.25, -0.2) is 0 Å². The number of hydrogen-bond acceptors (Lipinski definition) is 2. The van der Waals surface area contributed by atoms with E-state index in [-0.39, 0.29) is 25.3 Å². The van der Waals surface area contributed by atoms with Crippen LogP contribution in [0.1, 0.15) is 32.6 Å². The number of rotatable bonds is 3. The molecule has 0 aromatic heterocycles. The van der Waals surface area contributed by atoms with Crippen molar-refractivity contribution in [2.75, 3.05) is 6.54 Å². The van der Waals surface area contributed by atoms with Crippen LogP contribution in [0.4, 0.5) is 13.2 Å². The van der Waals surface area contributed by atoms with Crippen LogP contribution in [0.25, 0.3) is 0 Å². The van der Waals surface area contributed by atoms with Gasteiger partial charge < -0.3 is 10.0 Å². The first-order chi connectivity index (χ1) is 8.21. The van der Waals surface area contributed by atoms with Gasteiger partial charge in [-0.3, -0.25) is 9.59 Å². The van der Waals surface area contributed by atoms with Crippen LogP contribution < -0.4 is 0 Å². The quantitative estimate of drug-likeness (QED) is 0.851. The minimum atomic E-state index is -4.41. The van der Waals surface area contributed by atoms with Crippen molar-refractivity contribution in [2.45, 2.75) is 44.8 Å². The molecule has 4 nitrogen and oxygen atoms in total. The van der Waals surface area contributed by atoms with Crippen LogP contribution in [0.2, 0.25) is 0 Å². The summed E-state index contributed by atoms with van der Waals surface area (Å²) >= 11 is 0. The highest BCUT2D eigenvalue weighted by atomic mass is 19.4. The molecule has 1 aliphatic heterocycles. The maximum absolute atomic E-state index is 12.7. The van der Waals surface area contributed by atoms with E-state index in [9.17, 15) is 22.8 Å². The second kappa shape index (κ2) is 5.58. The van der Waals surface area contributed by atoms with Crippen molar-refractivity contribution in [1.82, 2.24) is 4.90 Å². The van der Waals surface area contributed by atoms with Crippen molar-refractivity contribution < 1.29 is 27.9 Å². The fourth-order valence-electron chi connectivity index (χ4n) is 2.30. The molecule has 0 saturated carbocycles. The number of alkyl halides is 3. The van der Waals surface area contributed by atoms with Gasteiger partial charge in [0, 0.05) is 19.9 Å². The highest BCUT2D eigenvalue weighted by Gasteiger charge is 2.47.